The van der Waals surface area contributed by atoms with Crippen molar-refractivity contribution in [3.05, 3.63) is 28.8 Å². The summed E-state index contributed by atoms with van der Waals surface area (Å²) < 4.78 is 9.86. The molecule has 0 radical (unpaired) electrons. The average molecular weight is 279 g/mol. The smallest absolute Gasteiger partial charge is 0.302 e. The number of hydrogen-bond acceptors (Lipinski definition) is 5. The van der Waals surface area contributed by atoms with Crippen molar-refractivity contribution < 1.29 is 19.1 Å². The molecule has 5 heteroatoms. The maximum absolute atomic E-state index is 10.8. The second-order valence-electron chi connectivity index (χ2n) is 4.61. The average Bonchev–Trinajstić information content (AvgIpc) is 2.35. The van der Waals surface area contributed by atoms with E-state index in [1.165, 1.54) is 13.8 Å². The van der Waals surface area contributed by atoms with E-state index in [0.29, 0.717) is 31.7 Å². The molecule has 1 rings (SSSR count). The Bertz CT molecular complexity index is 497. The maximum Gasteiger partial charge on any atom is 0.302 e. The number of carbonyl (C=O) groups is 2. The maximum atomic E-state index is 10.8. The molecular weight excluding hydrogens is 258 g/mol. The van der Waals surface area contributed by atoms with E-state index >= 15 is 0 Å². The Morgan fingerprint density at radius 2 is 1.60 bits per heavy atom. The van der Waals surface area contributed by atoms with E-state index in [0.717, 1.165) is 16.7 Å². The highest BCUT2D eigenvalue weighted by Gasteiger charge is 2.09. The van der Waals surface area contributed by atoms with E-state index in [-0.39, 0.29) is 11.9 Å². The molecule has 0 aromatic heterocycles. The van der Waals surface area contributed by atoms with E-state index in [1.54, 1.807) is 0 Å². The quantitative estimate of drug-likeness (QED) is 0.634. The van der Waals surface area contributed by atoms with E-state index in [4.69, 9.17) is 15.2 Å². The fourth-order valence-electron chi connectivity index (χ4n) is 1.97. The van der Waals surface area contributed by atoms with Gasteiger partial charge in [0.1, 0.15) is 0 Å². The molecule has 0 aliphatic rings. The molecule has 0 aliphatic carbocycles. The molecule has 0 unspecified atom stereocenters. The number of rotatable bonds is 6. The van der Waals surface area contributed by atoms with Crippen LogP contribution in [0.25, 0.3) is 0 Å². The molecule has 0 amide bonds. The minimum Gasteiger partial charge on any atom is -0.466 e. The minimum absolute atomic E-state index is 0.299. The predicted molar refractivity (Wildman–Crippen MR) is 76.3 cm³/mol. The zero-order valence-electron chi connectivity index (χ0n) is 12.2. The summed E-state index contributed by atoms with van der Waals surface area (Å²) >= 11 is 0. The summed E-state index contributed by atoms with van der Waals surface area (Å²) in [5.41, 5.74) is 9.80. The minimum atomic E-state index is -0.300. The Labute approximate surface area is 119 Å². The standard InChI is InChI=1S/C15H21NO4/c1-10-4-5-13(6-8-19-11(2)17)15(16)14(10)7-9-20-12(3)18/h4-5H,6-9,16H2,1-3H3. The first-order valence-electron chi connectivity index (χ1n) is 6.55. The highest BCUT2D eigenvalue weighted by molar-refractivity contribution is 5.66. The Balaban J connectivity index is 2.73. The Kier molecular flexibility index (Phi) is 6.03. The number of hydrogen-bond donors (Lipinski definition) is 1. The first-order valence-corrected chi connectivity index (χ1v) is 6.55. The normalized spacial score (nSPS) is 10.2. The van der Waals surface area contributed by atoms with Gasteiger partial charge in [-0.2, -0.15) is 0 Å². The molecule has 0 atom stereocenters. The first-order chi connectivity index (χ1) is 9.41. The van der Waals surface area contributed by atoms with Crippen LogP contribution in [0.15, 0.2) is 12.1 Å². The lowest BCUT2D eigenvalue weighted by Gasteiger charge is -2.14. The van der Waals surface area contributed by atoms with Gasteiger partial charge in [-0.05, 0) is 23.6 Å². The summed E-state index contributed by atoms with van der Waals surface area (Å²) in [4.78, 5) is 21.5. The molecule has 110 valence electrons. The van der Waals surface area contributed by atoms with Gasteiger partial charge in [-0.25, -0.2) is 0 Å². The number of esters is 2. The summed E-state index contributed by atoms with van der Waals surface area (Å²) in [6.45, 7) is 5.35. The van der Waals surface area contributed by atoms with E-state index in [9.17, 15) is 9.59 Å². The van der Waals surface area contributed by atoms with Crippen LogP contribution in [0.3, 0.4) is 0 Å². The third kappa shape index (κ3) is 4.91. The number of nitrogen functional groups attached to an aromatic ring is 1. The van der Waals surface area contributed by atoms with E-state index in [2.05, 4.69) is 0 Å². The van der Waals surface area contributed by atoms with Gasteiger partial charge in [-0.3, -0.25) is 9.59 Å². The summed E-state index contributed by atoms with van der Waals surface area (Å²) in [5, 5.41) is 0. The number of ether oxygens (including phenoxy) is 2. The van der Waals surface area contributed by atoms with Gasteiger partial charge in [-0.1, -0.05) is 12.1 Å². The van der Waals surface area contributed by atoms with Crippen molar-refractivity contribution in [2.75, 3.05) is 18.9 Å². The van der Waals surface area contributed by atoms with Gasteiger partial charge < -0.3 is 15.2 Å². The number of anilines is 1. The number of benzene rings is 1. The molecule has 1 aromatic carbocycles. The van der Waals surface area contributed by atoms with Crippen LogP contribution < -0.4 is 5.73 Å². The van der Waals surface area contributed by atoms with Crippen LogP contribution >= 0.6 is 0 Å². The van der Waals surface area contributed by atoms with Gasteiger partial charge in [0.15, 0.2) is 0 Å². The molecular formula is C15H21NO4. The van der Waals surface area contributed by atoms with Crippen LogP contribution in [0.5, 0.6) is 0 Å². The monoisotopic (exact) mass is 279 g/mol. The zero-order valence-corrected chi connectivity index (χ0v) is 12.2. The molecule has 20 heavy (non-hydrogen) atoms. The van der Waals surface area contributed by atoms with E-state index < -0.39 is 0 Å². The molecule has 0 fully saturated rings. The number of carbonyl (C=O) groups excluding carboxylic acids is 2. The molecule has 2 N–H and O–H groups in total. The van der Waals surface area contributed by atoms with Crippen LogP contribution in [-0.2, 0) is 31.9 Å². The molecule has 0 spiro atoms. The van der Waals surface area contributed by atoms with Crippen molar-refractivity contribution in [1.82, 2.24) is 0 Å². The first kappa shape index (κ1) is 16.0. The second kappa shape index (κ2) is 7.53. The van der Waals surface area contributed by atoms with E-state index in [1.807, 2.05) is 19.1 Å². The zero-order chi connectivity index (χ0) is 15.1. The van der Waals surface area contributed by atoms with Crippen LogP contribution in [-0.4, -0.2) is 25.2 Å². The third-order valence-electron chi connectivity index (χ3n) is 3.02. The molecule has 5 nitrogen and oxygen atoms in total. The van der Waals surface area contributed by atoms with Crippen LogP contribution in [0.4, 0.5) is 5.69 Å². The van der Waals surface area contributed by atoms with Crippen molar-refractivity contribution in [2.45, 2.75) is 33.6 Å². The molecule has 1 aromatic rings. The van der Waals surface area contributed by atoms with Crippen LogP contribution in [0.1, 0.15) is 30.5 Å². The predicted octanol–water partition coefficient (Wildman–Crippen LogP) is 1.79. The lowest BCUT2D eigenvalue weighted by molar-refractivity contribution is -0.141. The van der Waals surface area contributed by atoms with Crippen LogP contribution in [0, 0.1) is 6.92 Å². The van der Waals surface area contributed by atoms with Crippen molar-refractivity contribution in [3.63, 3.8) is 0 Å². The van der Waals surface area contributed by atoms with Gasteiger partial charge >= 0.3 is 11.9 Å². The fraction of sp³-hybridized carbons (Fsp3) is 0.467. The number of aryl methyl sites for hydroxylation is 1. The lowest BCUT2D eigenvalue weighted by Crippen LogP contribution is -2.10. The highest BCUT2D eigenvalue weighted by atomic mass is 16.5. The summed E-state index contributed by atoms with van der Waals surface area (Å²) in [5.74, 6) is -0.599. The van der Waals surface area contributed by atoms with Crippen LogP contribution in [0.2, 0.25) is 0 Å². The molecule has 0 aliphatic heterocycles. The summed E-state index contributed by atoms with van der Waals surface area (Å²) in [7, 11) is 0. The number of nitrogens with two attached hydrogens (primary N) is 1. The summed E-state index contributed by atoms with van der Waals surface area (Å²) in [6.07, 6.45) is 1.16. The topological polar surface area (TPSA) is 78.6 Å². The fourth-order valence-corrected chi connectivity index (χ4v) is 1.97. The largest absolute Gasteiger partial charge is 0.466 e. The van der Waals surface area contributed by atoms with Crippen molar-refractivity contribution in [2.24, 2.45) is 0 Å². The van der Waals surface area contributed by atoms with Gasteiger partial charge in [0.05, 0.1) is 13.2 Å². The van der Waals surface area contributed by atoms with Gasteiger partial charge in [0.2, 0.25) is 0 Å². The molecule has 0 saturated heterocycles. The Morgan fingerprint density at radius 3 is 2.15 bits per heavy atom. The van der Waals surface area contributed by atoms with Gasteiger partial charge in [0, 0.05) is 32.4 Å². The molecule has 0 bridgehead atoms. The van der Waals surface area contributed by atoms with Crippen molar-refractivity contribution >= 4 is 17.6 Å². The molecule has 0 heterocycles. The Hall–Kier alpha value is -2.04. The van der Waals surface area contributed by atoms with Crippen molar-refractivity contribution in [3.8, 4) is 0 Å². The van der Waals surface area contributed by atoms with Gasteiger partial charge in [0.25, 0.3) is 0 Å². The summed E-state index contributed by atoms with van der Waals surface area (Å²) in [6, 6.07) is 3.91. The highest BCUT2D eigenvalue weighted by Crippen LogP contribution is 2.23. The second-order valence-corrected chi connectivity index (χ2v) is 4.61. The molecule has 0 saturated carbocycles. The Morgan fingerprint density at radius 1 is 1.05 bits per heavy atom. The third-order valence-corrected chi connectivity index (χ3v) is 3.02. The lowest BCUT2D eigenvalue weighted by atomic mass is 9.98. The van der Waals surface area contributed by atoms with Crippen molar-refractivity contribution in [1.29, 1.82) is 0 Å². The SMILES string of the molecule is CC(=O)OCCc1ccc(C)c(CCOC(C)=O)c1N. The van der Waals surface area contributed by atoms with Gasteiger partial charge in [-0.15, -0.1) is 0 Å².